The second-order valence-electron chi connectivity index (χ2n) is 5.10. The van der Waals surface area contributed by atoms with Crippen LogP contribution in [0.4, 0.5) is 0 Å². The van der Waals surface area contributed by atoms with Crippen LogP contribution in [0, 0.1) is 6.92 Å². The van der Waals surface area contributed by atoms with Crippen molar-refractivity contribution in [3.63, 3.8) is 0 Å². The van der Waals surface area contributed by atoms with E-state index in [0.29, 0.717) is 12.1 Å². The Morgan fingerprint density at radius 3 is 3.05 bits per heavy atom. The number of hydrogen-bond acceptors (Lipinski definition) is 4. The summed E-state index contributed by atoms with van der Waals surface area (Å²) in [5.74, 6) is 0.727. The summed E-state index contributed by atoms with van der Waals surface area (Å²) in [7, 11) is 0. The minimum absolute atomic E-state index is 0.0408. The number of carbonyl (C=O) groups is 1. The molecule has 0 aliphatic rings. The number of furan rings is 1. The molecule has 3 aromatic rings. The zero-order chi connectivity index (χ0) is 14.8. The van der Waals surface area contributed by atoms with Crippen LogP contribution >= 0.6 is 0 Å². The van der Waals surface area contributed by atoms with Crippen LogP contribution in [0.3, 0.4) is 0 Å². The molecule has 1 amide bonds. The summed E-state index contributed by atoms with van der Waals surface area (Å²) in [4.78, 5) is 16.1. The van der Waals surface area contributed by atoms with Crippen molar-refractivity contribution < 1.29 is 9.21 Å². The van der Waals surface area contributed by atoms with Crippen molar-refractivity contribution in [3.8, 4) is 0 Å². The average molecular weight is 284 g/mol. The SMILES string of the molecule is Cc1cc2cc(C(=O)N[C@@H](C)Cn3cncn3)ccc2o1. The predicted molar refractivity (Wildman–Crippen MR) is 77.9 cm³/mol. The molecular formula is C15H16N4O2. The van der Waals surface area contributed by atoms with Crippen molar-refractivity contribution in [2.24, 2.45) is 0 Å². The van der Waals surface area contributed by atoms with Gasteiger partial charge in [-0.1, -0.05) is 0 Å². The smallest absolute Gasteiger partial charge is 0.251 e. The molecule has 0 aliphatic heterocycles. The Bertz CT molecular complexity index is 761. The van der Waals surface area contributed by atoms with E-state index in [-0.39, 0.29) is 11.9 Å². The van der Waals surface area contributed by atoms with Gasteiger partial charge in [-0.2, -0.15) is 5.10 Å². The van der Waals surface area contributed by atoms with Crippen molar-refractivity contribution in [1.82, 2.24) is 20.1 Å². The molecule has 3 rings (SSSR count). The van der Waals surface area contributed by atoms with E-state index in [4.69, 9.17) is 4.42 Å². The minimum atomic E-state index is -0.108. The van der Waals surface area contributed by atoms with Gasteiger partial charge in [0, 0.05) is 17.0 Å². The Kier molecular flexibility index (Phi) is 3.43. The van der Waals surface area contributed by atoms with Gasteiger partial charge in [0.1, 0.15) is 24.0 Å². The maximum atomic E-state index is 12.2. The highest BCUT2D eigenvalue weighted by Gasteiger charge is 2.12. The number of benzene rings is 1. The topological polar surface area (TPSA) is 73.0 Å². The summed E-state index contributed by atoms with van der Waals surface area (Å²) in [6.45, 7) is 4.40. The van der Waals surface area contributed by atoms with Crippen LogP contribution in [-0.4, -0.2) is 26.7 Å². The van der Waals surface area contributed by atoms with Crippen molar-refractivity contribution in [2.75, 3.05) is 0 Å². The van der Waals surface area contributed by atoms with Gasteiger partial charge in [0.05, 0.1) is 6.54 Å². The third-order valence-corrected chi connectivity index (χ3v) is 3.21. The van der Waals surface area contributed by atoms with Crippen molar-refractivity contribution in [3.05, 3.63) is 48.2 Å². The highest BCUT2D eigenvalue weighted by molar-refractivity contribution is 5.97. The van der Waals surface area contributed by atoms with E-state index in [1.807, 2.05) is 32.0 Å². The standard InChI is InChI=1S/C15H16N4O2/c1-10(7-19-9-16-8-17-19)18-15(20)12-3-4-14-13(6-12)5-11(2)21-14/h3-6,8-10H,7H2,1-2H3,(H,18,20)/t10-/m0/s1. The van der Waals surface area contributed by atoms with E-state index in [2.05, 4.69) is 15.4 Å². The van der Waals surface area contributed by atoms with Gasteiger partial charge in [-0.05, 0) is 38.1 Å². The number of rotatable bonds is 4. The molecule has 1 aromatic carbocycles. The molecule has 6 heteroatoms. The number of nitrogens with zero attached hydrogens (tertiary/aromatic N) is 3. The molecule has 6 nitrogen and oxygen atoms in total. The first-order valence-electron chi connectivity index (χ1n) is 6.75. The van der Waals surface area contributed by atoms with Gasteiger partial charge in [-0.3, -0.25) is 9.48 Å². The second kappa shape index (κ2) is 5.40. The number of nitrogens with one attached hydrogen (secondary N) is 1. The van der Waals surface area contributed by atoms with Crippen molar-refractivity contribution >= 4 is 16.9 Å². The maximum Gasteiger partial charge on any atom is 0.251 e. The zero-order valence-corrected chi connectivity index (χ0v) is 11.9. The maximum absolute atomic E-state index is 12.2. The van der Waals surface area contributed by atoms with E-state index in [1.54, 1.807) is 17.1 Å². The number of aromatic nitrogens is 3. The Hall–Kier alpha value is -2.63. The van der Waals surface area contributed by atoms with E-state index in [1.165, 1.54) is 6.33 Å². The Balaban J connectivity index is 1.71. The van der Waals surface area contributed by atoms with Crippen LogP contribution < -0.4 is 5.32 Å². The number of fused-ring (bicyclic) bond motifs is 1. The van der Waals surface area contributed by atoms with Gasteiger partial charge in [0.2, 0.25) is 0 Å². The normalized spacial score (nSPS) is 12.5. The molecule has 2 aromatic heterocycles. The molecule has 0 saturated heterocycles. The van der Waals surface area contributed by atoms with Crippen LogP contribution in [0.1, 0.15) is 23.0 Å². The lowest BCUT2D eigenvalue weighted by Gasteiger charge is -2.13. The Morgan fingerprint density at radius 2 is 2.29 bits per heavy atom. The minimum Gasteiger partial charge on any atom is -0.461 e. The first-order chi connectivity index (χ1) is 10.1. The van der Waals surface area contributed by atoms with Crippen LogP contribution in [0.5, 0.6) is 0 Å². The molecule has 2 heterocycles. The van der Waals surface area contributed by atoms with Gasteiger partial charge in [-0.15, -0.1) is 0 Å². The fourth-order valence-electron chi connectivity index (χ4n) is 2.28. The summed E-state index contributed by atoms with van der Waals surface area (Å²) in [5, 5.41) is 7.90. The van der Waals surface area contributed by atoms with Gasteiger partial charge < -0.3 is 9.73 Å². The monoisotopic (exact) mass is 284 g/mol. The largest absolute Gasteiger partial charge is 0.461 e. The quantitative estimate of drug-likeness (QED) is 0.796. The zero-order valence-electron chi connectivity index (χ0n) is 11.9. The average Bonchev–Trinajstić information content (AvgIpc) is 3.05. The first kappa shape index (κ1) is 13.4. The van der Waals surface area contributed by atoms with Gasteiger partial charge in [0.25, 0.3) is 5.91 Å². The Morgan fingerprint density at radius 1 is 1.43 bits per heavy atom. The molecule has 1 atom stereocenters. The fourth-order valence-corrected chi connectivity index (χ4v) is 2.28. The van der Waals surface area contributed by atoms with Crippen LogP contribution in [0.15, 0.2) is 41.3 Å². The lowest BCUT2D eigenvalue weighted by molar-refractivity contribution is 0.0936. The number of hydrogen-bond donors (Lipinski definition) is 1. The van der Waals surface area contributed by atoms with E-state index in [0.717, 1.165) is 16.7 Å². The van der Waals surface area contributed by atoms with E-state index < -0.39 is 0 Å². The van der Waals surface area contributed by atoms with Crippen LogP contribution in [0.2, 0.25) is 0 Å². The lowest BCUT2D eigenvalue weighted by Crippen LogP contribution is -2.35. The van der Waals surface area contributed by atoms with Gasteiger partial charge in [0.15, 0.2) is 0 Å². The molecule has 0 aliphatic carbocycles. The van der Waals surface area contributed by atoms with Gasteiger partial charge >= 0.3 is 0 Å². The molecule has 0 radical (unpaired) electrons. The molecule has 0 bridgehead atoms. The predicted octanol–water partition coefficient (Wildman–Crippen LogP) is 2.15. The number of aryl methyl sites for hydroxylation is 1. The fraction of sp³-hybridized carbons (Fsp3) is 0.267. The van der Waals surface area contributed by atoms with E-state index >= 15 is 0 Å². The summed E-state index contributed by atoms with van der Waals surface area (Å²) in [5.41, 5.74) is 1.41. The Labute approximate surface area is 121 Å². The lowest BCUT2D eigenvalue weighted by atomic mass is 10.1. The molecule has 0 saturated carbocycles. The summed E-state index contributed by atoms with van der Waals surface area (Å²) in [6.07, 6.45) is 3.10. The number of carbonyl (C=O) groups excluding carboxylic acids is 1. The third-order valence-electron chi connectivity index (χ3n) is 3.21. The summed E-state index contributed by atoms with van der Waals surface area (Å²) >= 11 is 0. The third kappa shape index (κ3) is 2.94. The first-order valence-corrected chi connectivity index (χ1v) is 6.75. The van der Waals surface area contributed by atoms with Crippen LogP contribution in [-0.2, 0) is 6.54 Å². The van der Waals surface area contributed by atoms with E-state index in [9.17, 15) is 4.79 Å². The molecule has 108 valence electrons. The van der Waals surface area contributed by atoms with Gasteiger partial charge in [-0.25, -0.2) is 4.98 Å². The summed E-state index contributed by atoms with van der Waals surface area (Å²) in [6, 6.07) is 7.30. The van der Waals surface area contributed by atoms with Crippen molar-refractivity contribution in [2.45, 2.75) is 26.4 Å². The molecule has 0 unspecified atom stereocenters. The summed E-state index contributed by atoms with van der Waals surface area (Å²) < 4.78 is 7.19. The van der Waals surface area contributed by atoms with Crippen molar-refractivity contribution in [1.29, 1.82) is 0 Å². The highest BCUT2D eigenvalue weighted by Crippen LogP contribution is 2.20. The molecule has 0 fully saturated rings. The molecular weight excluding hydrogens is 268 g/mol. The second-order valence-corrected chi connectivity index (χ2v) is 5.10. The molecule has 0 spiro atoms. The molecule has 21 heavy (non-hydrogen) atoms. The molecule has 1 N–H and O–H groups in total. The van der Waals surface area contributed by atoms with Crippen LogP contribution in [0.25, 0.3) is 11.0 Å². The highest BCUT2D eigenvalue weighted by atomic mass is 16.3. The number of amides is 1.